The van der Waals surface area contributed by atoms with Crippen molar-refractivity contribution in [1.82, 2.24) is 5.32 Å². The van der Waals surface area contributed by atoms with E-state index >= 15 is 0 Å². The molecule has 0 fully saturated rings. The number of carboxylic acids is 1. The lowest BCUT2D eigenvalue weighted by atomic mass is 10.1. The molecule has 0 bridgehead atoms. The van der Waals surface area contributed by atoms with Gasteiger partial charge in [0, 0.05) is 11.7 Å². The minimum atomic E-state index is -1.05. The summed E-state index contributed by atoms with van der Waals surface area (Å²) in [5.41, 5.74) is 3.01. The quantitative estimate of drug-likeness (QED) is 0.661. The van der Waals surface area contributed by atoms with Gasteiger partial charge in [0.25, 0.3) is 5.91 Å². The zero-order valence-electron chi connectivity index (χ0n) is 16.3. The molecule has 7 nitrogen and oxygen atoms in total. The average molecular weight is 394 g/mol. The van der Waals surface area contributed by atoms with Gasteiger partial charge < -0.3 is 24.2 Å². The number of carbonyl (C=O) groups is 2. The highest BCUT2D eigenvalue weighted by Gasteiger charge is 2.28. The minimum Gasteiger partial charge on any atom is -0.478 e. The van der Waals surface area contributed by atoms with Crippen LogP contribution in [0.2, 0.25) is 0 Å². The summed E-state index contributed by atoms with van der Waals surface area (Å²) in [6.07, 6.45) is 2.47. The fourth-order valence-electron chi connectivity index (χ4n) is 3.80. The van der Waals surface area contributed by atoms with E-state index in [-0.39, 0.29) is 18.0 Å². The molecule has 2 N–H and O–H groups in total. The first kappa shape index (κ1) is 18.9. The number of carboxylic acid groups (broad SMARTS) is 1. The van der Waals surface area contributed by atoms with Gasteiger partial charge in [-0.3, -0.25) is 4.79 Å². The van der Waals surface area contributed by atoms with Crippen LogP contribution in [0.25, 0.3) is 0 Å². The van der Waals surface area contributed by atoms with E-state index in [1.807, 2.05) is 12.1 Å². The highest BCUT2D eigenvalue weighted by Crippen LogP contribution is 2.33. The number of hydrogen-bond acceptors (Lipinski definition) is 5. The van der Waals surface area contributed by atoms with Crippen LogP contribution in [0.4, 0.5) is 5.69 Å². The second-order valence-electron chi connectivity index (χ2n) is 7.24. The molecule has 3 heterocycles. The number of para-hydroxylation sites is 1. The number of nitrogens with zero attached hydrogens (tertiary/aromatic N) is 1. The third-order valence-electron chi connectivity index (χ3n) is 5.27. The van der Waals surface area contributed by atoms with E-state index in [0.29, 0.717) is 35.4 Å². The van der Waals surface area contributed by atoms with Gasteiger partial charge in [0.15, 0.2) is 0 Å². The average Bonchev–Trinajstić information content (AvgIpc) is 3.38. The van der Waals surface area contributed by atoms with Crippen LogP contribution in [0.1, 0.15) is 50.5 Å². The van der Waals surface area contributed by atoms with Crippen LogP contribution >= 0.6 is 0 Å². The first-order valence-corrected chi connectivity index (χ1v) is 9.45. The number of hydrogen-bond donors (Lipinski definition) is 2. The Morgan fingerprint density at radius 3 is 2.79 bits per heavy atom. The molecule has 3 aromatic rings. The zero-order valence-corrected chi connectivity index (χ0v) is 16.3. The van der Waals surface area contributed by atoms with Gasteiger partial charge in [-0.25, -0.2) is 4.79 Å². The fourth-order valence-corrected chi connectivity index (χ4v) is 3.80. The van der Waals surface area contributed by atoms with Gasteiger partial charge in [-0.05, 0) is 44.0 Å². The molecule has 0 saturated carbocycles. The Morgan fingerprint density at radius 1 is 1.24 bits per heavy atom. The van der Waals surface area contributed by atoms with Crippen molar-refractivity contribution in [3.8, 4) is 0 Å². The highest BCUT2D eigenvalue weighted by molar-refractivity contribution is 5.95. The van der Waals surface area contributed by atoms with E-state index in [9.17, 15) is 9.59 Å². The Labute approximate surface area is 167 Å². The van der Waals surface area contributed by atoms with Crippen LogP contribution in [0.5, 0.6) is 0 Å². The molecule has 1 atom stereocenters. The van der Waals surface area contributed by atoms with Crippen molar-refractivity contribution in [2.24, 2.45) is 0 Å². The predicted octanol–water partition coefficient (Wildman–Crippen LogP) is 3.76. The fraction of sp³-hybridized carbons (Fsp3) is 0.273. The molecule has 2 aromatic heterocycles. The van der Waals surface area contributed by atoms with Gasteiger partial charge in [0.2, 0.25) is 0 Å². The third-order valence-corrected chi connectivity index (χ3v) is 5.27. The Hall–Kier alpha value is -3.48. The molecule has 150 valence electrons. The summed E-state index contributed by atoms with van der Waals surface area (Å²) in [7, 11) is 0. The Bertz CT molecular complexity index is 1060. The predicted molar refractivity (Wildman–Crippen MR) is 106 cm³/mol. The van der Waals surface area contributed by atoms with E-state index in [1.165, 1.54) is 17.9 Å². The van der Waals surface area contributed by atoms with Gasteiger partial charge in [-0.15, -0.1) is 0 Å². The van der Waals surface area contributed by atoms with Crippen LogP contribution in [-0.2, 0) is 19.5 Å². The second kappa shape index (κ2) is 7.50. The van der Waals surface area contributed by atoms with Crippen LogP contribution in [0.3, 0.4) is 0 Å². The van der Waals surface area contributed by atoms with Crippen LogP contribution in [-0.4, -0.2) is 23.0 Å². The van der Waals surface area contributed by atoms with Crippen molar-refractivity contribution in [1.29, 1.82) is 0 Å². The summed E-state index contributed by atoms with van der Waals surface area (Å²) in [6.45, 7) is 4.33. The van der Waals surface area contributed by atoms with E-state index in [0.717, 1.165) is 12.1 Å². The molecular weight excluding hydrogens is 372 g/mol. The van der Waals surface area contributed by atoms with Gasteiger partial charge in [-0.2, -0.15) is 0 Å². The summed E-state index contributed by atoms with van der Waals surface area (Å²) in [5, 5.41) is 11.9. The Morgan fingerprint density at radius 2 is 2.03 bits per heavy atom. The van der Waals surface area contributed by atoms with Crippen molar-refractivity contribution < 1.29 is 23.5 Å². The topological polar surface area (TPSA) is 95.9 Å². The molecule has 1 unspecified atom stereocenters. The lowest BCUT2D eigenvalue weighted by molar-refractivity contribution is 0.0694. The van der Waals surface area contributed by atoms with E-state index in [2.05, 4.69) is 29.3 Å². The smallest absolute Gasteiger partial charge is 0.339 e. The van der Waals surface area contributed by atoms with Crippen molar-refractivity contribution in [3.05, 3.63) is 76.6 Å². The van der Waals surface area contributed by atoms with Crippen LogP contribution < -0.4 is 10.2 Å². The van der Waals surface area contributed by atoms with Gasteiger partial charge in [0.1, 0.15) is 22.8 Å². The lowest BCUT2D eigenvalue weighted by Gasteiger charge is -2.24. The molecule has 1 aromatic carbocycles. The van der Waals surface area contributed by atoms with Gasteiger partial charge >= 0.3 is 5.97 Å². The number of furan rings is 2. The molecule has 0 spiro atoms. The zero-order chi connectivity index (χ0) is 20.5. The maximum absolute atomic E-state index is 12.7. The number of nitrogens with one attached hydrogen (secondary N) is 1. The van der Waals surface area contributed by atoms with E-state index in [4.69, 9.17) is 13.9 Å². The molecule has 0 saturated heterocycles. The van der Waals surface area contributed by atoms with E-state index in [1.54, 1.807) is 13.0 Å². The van der Waals surface area contributed by atoms with Crippen molar-refractivity contribution >= 4 is 17.6 Å². The maximum atomic E-state index is 12.7. The normalized spacial score (nSPS) is 15.4. The largest absolute Gasteiger partial charge is 0.478 e. The molecule has 7 heteroatoms. The lowest BCUT2D eigenvalue weighted by Crippen LogP contribution is -2.30. The monoisotopic (exact) mass is 394 g/mol. The van der Waals surface area contributed by atoms with Crippen molar-refractivity contribution in [2.45, 2.75) is 39.4 Å². The van der Waals surface area contributed by atoms with Crippen molar-refractivity contribution in [3.63, 3.8) is 0 Å². The molecular formula is C22H22N2O5. The number of rotatable bonds is 6. The first-order valence-electron chi connectivity index (χ1n) is 9.45. The van der Waals surface area contributed by atoms with E-state index < -0.39 is 5.97 Å². The SMILES string of the molecule is Cc1oc(CNC(=O)c2ccoc2CN2c3ccccc3CC2C)cc1C(=O)O. The molecule has 1 aliphatic heterocycles. The van der Waals surface area contributed by atoms with Crippen LogP contribution in [0.15, 0.2) is 51.5 Å². The van der Waals surface area contributed by atoms with Crippen LogP contribution in [0, 0.1) is 6.92 Å². The number of benzene rings is 1. The second-order valence-corrected chi connectivity index (χ2v) is 7.24. The summed E-state index contributed by atoms with van der Waals surface area (Å²) in [4.78, 5) is 26.0. The molecule has 1 aliphatic rings. The molecule has 1 amide bonds. The molecule has 0 aliphatic carbocycles. The summed E-state index contributed by atoms with van der Waals surface area (Å²) >= 11 is 0. The summed E-state index contributed by atoms with van der Waals surface area (Å²) in [5.74, 6) is -0.0542. The number of amides is 1. The molecule has 4 rings (SSSR count). The van der Waals surface area contributed by atoms with Gasteiger partial charge in [0.05, 0.1) is 24.9 Å². The maximum Gasteiger partial charge on any atom is 0.339 e. The Kier molecular flexibility index (Phi) is 4.88. The highest BCUT2D eigenvalue weighted by atomic mass is 16.4. The minimum absolute atomic E-state index is 0.0972. The Balaban J connectivity index is 1.46. The number of carbonyl (C=O) groups excluding carboxylic acids is 1. The number of fused-ring (bicyclic) bond motifs is 1. The van der Waals surface area contributed by atoms with Crippen molar-refractivity contribution in [2.75, 3.05) is 4.90 Å². The number of anilines is 1. The third kappa shape index (κ3) is 3.63. The molecule has 0 radical (unpaired) electrons. The first-order chi connectivity index (χ1) is 13.9. The number of aromatic carboxylic acids is 1. The molecule has 29 heavy (non-hydrogen) atoms. The van der Waals surface area contributed by atoms with Gasteiger partial charge in [-0.1, -0.05) is 18.2 Å². The standard InChI is InChI=1S/C22H22N2O5/c1-13-9-15-5-3-4-6-19(15)24(13)12-20-17(7-8-28-20)21(25)23-11-16-10-18(22(26)27)14(2)29-16/h3-8,10,13H,9,11-12H2,1-2H3,(H,23,25)(H,26,27). The number of aryl methyl sites for hydroxylation is 1. The summed E-state index contributed by atoms with van der Waals surface area (Å²) < 4.78 is 11.0. The summed E-state index contributed by atoms with van der Waals surface area (Å²) in [6, 6.07) is 11.6.